The monoisotopic (exact) mass is 338 g/mol. The molecule has 0 aliphatic rings. The standard InChI is InChI=1S/C17H26N2O5/c1-6-12(7-2)19-13(20)9-24-17(22)15-10(4)14(11(5)18-15)16(21)23-8-3/h12,18H,6-9H2,1-5H3,(H,19,20). The second kappa shape index (κ2) is 9.10. The van der Waals surface area contributed by atoms with Crippen molar-refractivity contribution in [1.82, 2.24) is 10.3 Å². The van der Waals surface area contributed by atoms with E-state index in [1.165, 1.54) is 0 Å². The Balaban J connectivity index is 2.74. The molecule has 0 aliphatic heterocycles. The molecule has 0 spiro atoms. The van der Waals surface area contributed by atoms with E-state index in [0.717, 1.165) is 12.8 Å². The highest BCUT2D eigenvalue weighted by Crippen LogP contribution is 2.19. The number of ether oxygens (including phenoxy) is 2. The first-order valence-corrected chi connectivity index (χ1v) is 8.18. The Labute approximate surface area is 142 Å². The summed E-state index contributed by atoms with van der Waals surface area (Å²) in [5.74, 6) is -1.51. The lowest BCUT2D eigenvalue weighted by Crippen LogP contribution is -2.36. The van der Waals surface area contributed by atoms with Crippen molar-refractivity contribution in [2.75, 3.05) is 13.2 Å². The summed E-state index contributed by atoms with van der Waals surface area (Å²) in [7, 11) is 0. The van der Waals surface area contributed by atoms with Gasteiger partial charge in [-0.3, -0.25) is 4.79 Å². The number of hydrogen-bond acceptors (Lipinski definition) is 5. The lowest BCUT2D eigenvalue weighted by Gasteiger charge is -2.14. The fourth-order valence-electron chi connectivity index (χ4n) is 2.43. The summed E-state index contributed by atoms with van der Waals surface area (Å²) in [6.07, 6.45) is 1.63. The maximum absolute atomic E-state index is 12.2. The first-order chi connectivity index (χ1) is 11.3. The Morgan fingerprint density at radius 1 is 1.04 bits per heavy atom. The van der Waals surface area contributed by atoms with Crippen LogP contribution in [0, 0.1) is 13.8 Å². The molecule has 0 bridgehead atoms. The molecule has 1 aromatic rings. The molecule has 1 amide bonds. The molecule has 24 heavy (non-hydrogen) atoms. The summed E-state index contributed by atoms with van der Waals surface area (Å²) in [5, 5.41) is 2.79. The third kappa shape index (κ3) is 4.84. The second-order valence-electron chi connectivity index (χ2n) is 5.50. The van der Waals surface area contributed by atoms with Crippen LogP contribution >= 0.6 is 0 Å². The van der Waals surface area contributed by atoms with Crippen molar-refractivity contribution in [2.45, 2.75) is 53.5 Å². The topological polar surface area (TPSA) is 97.5 Å². The van der Waals surface area contributed by atoms with E-state index in [0.29, 0.717) is 16.8 Å². The summed E-state index contributed by atoms with van der Waals surface area (Å²) in [4.78, 5) is 38.7. The lowest BCUT2D eigenvalue weighted by atomic mass is 10.1. The van der Waals surface area contributed by atoms with Gasteiger partial charge in [-0.2, -0.15) is 0 Å². The van der Waals surface area contributed by atoms with Crippen LogP contribution in [0.1, 0.15) is 65.7 Å². The number of hydrogen-bond donors (Lipinski definition) is 2. The third-order valence-electron chi connectivity index (χ3n) is 3.81. The van der Waals surface area contributed by atoms with Crippen LogP contribution in [-0.2, 0) is 14.3 Å². The fourth-order valence-corrected chi connectivity index (χ4v) is 2.43. The minimum atomic E-state index is -0.675. The molecule has 7 heteroatoms. The van der Waals surface area contributed by atoms with Crippen molar-refractivity contribution < 1.29 is 23.9 Å². The smallest absolute Gasteiger partial charge is 0.355 e. The van der Waals surface area contributed by atoms with Gasteiger partial charge in [-0.25, -0.2) is 9.59 Å². The van der Waals surface area contributed by atoms with Gasteiger partial charge in [-0.15, -0.1) is 0 Å². The van der Waals surface area contributed by atoms with Crippen molar-refractivity contribution in [3.8, 4) is 0 Å². The van der Waals surface area contributed by atoms with Crippen molar-refractivity contribution in [2.24, 2.45) is 0 Å². The average Bonchev–Trinajstić information content (AvgIpc) is 2.85. The number of rotatable bonds is 8. The molecule has 0 saturated carbocycles. The number of amides is 1. The van der Waals surface area contributed by atoms with E-state index in [9.17, 15) is 14.4 Å². The molecule has 0 aliphatic carbocycles. The van der Waals surface area contributed by atoms with Crippen molar-refractivity contribution in [3.63, 3.8) is 0 Å². The van der Waals surface area contributed by atoms with E-state index in [2.05, 4.69) is 10.3 Å². The van der Waals surface area contributed by atoms with Crippen molar-refractivity contribution >= 4 is 17.8 Å². The molecule has 1 aromatic heterocycles. The van der Waals surface area contributed by atoms with Gasteiger partial charge in [-0.1, -0.05) is 13.8 Å². The van der Waals surface area contributed by atoms with Crippen LogP contribution < -0.4 is 5.32 Å². The predicted octanol–water partition coefficient (Wildman–Crippen LogP) is 2.27. The highest BCUT2D eigenvalue weighted by Gasteiger charge is 2.24. The van der Waals surface area contributed by atoms with Crippen molar-refractivity contribution in [1.29, 1.82) is 0 Å². The number of aromatic nitrogens is 1. The molecule has 0 aromatic carbocycles. The predicted molar refractivity (Wildman–Crippen MR) is 89.0 cm³/mol. The minimum Gasteiger partial charge on any atom is -0.462 e. The first kappa shape index (κ1) is 19.7. The van der Waals surface area contributed by atoms with E-state index in [4.69, 9.17) is 9.47 Å². The normalized spacial score (nSPS) is 10.6. The highest BCUT2D eigenvalue weighted by molar-refractivity contribution is 5.99. The fraction of sp³-hybridized carbons (Fsp3) is 0.588. The molecule has 0 unspecified atom stereocenters. The molecule has 0 saturated heterocycles. The maximum atomic E-state index is 12.2. The quantitative estimate of drug-likeness (QED) is 0.709. The summed E-state index contributed by atoms with van der Waals surface area (Å²) >= 11 is 0. The van der Waals surface area contributed by atoms with E-state index < -0.39 is 11.9 Å². The van der Waals surface area contributed by atoms with E-state index >= 15 is 0 Å². The number of nitrogens with one attached hydrogen (secondary N) is 2. The van der Waals surface area contributed by atoms with Crippen LogP contribution in [0.3, 0.4) is 0 Å². The zero-order valence-electron chi connectivity index (χ0n) is 14.9. The van der Waals surface area contributed by atoms with Gasteiger partial charge in [0, 0.05) is 11.7 Å². The van der Waals surface area contributed by atoms with Crippen LogP contribution in [0.15, 0.2) is 0 Å². The Morgan fingerprint density at radius 2 is 1.67 bits per heavy atom. The second-order valence-corrected chi connectivity index (χ2v) is 5.50. The average molecular weight is 338 g/mol. The molecular weight excluding hydrogens is 312 g/mol. The highest BCUT2D eigenvalue weighted by atomic mass is 16.5. The number of carbonyl (C=O) groups is 3. The zero-order chi connectivity index (χ0) is 18.3. The van der Waals surface area contributed by atoms with Crippen LogP contribution in [0.2, 0.25) is 0 Å². The summed E-state index contributed by atoms with van der Waals surface area (Å²) < 4.78 is 10.0. The molecular formula is C17H26N2O5. The van der Waals surface area contributed by atoms with E-state index in [1.807, 2.05) is 13.8 Å². The Kier molecular flexibility index (Phi) is 7.48. The number of aryl methyl sites for hydroxylation is 1. The largest absolute Gasteiger partial charge is 0.462 e. The number of carbonyl (C=O) groups excluding carboxylic acids is 3. The SMILES string of the molecule is CCOC(=O)c1c(C)[nH]c(C(=O)OCC(=O)NC(CC)CC)c1C. The Bertz CT molecular complexity index is 602. The van der Waals surface area contributed by atoms with Crippen LogP contribution in [0.5, 0.6) is 0 Å². The molecule has 1 heterocycles. The molecule has 2 N–H and O–H groups in total. The third-order valence-corrected chi connectivity index (χ3v) is 3.81. The molecule has 0 fully saturated rings. The van der Waals surface area contributed by atoms with Crippen LogP contribution in [0.4, 0.5) is 0 Å². The first-order valence-electron chi connectivity index (χ1n) is 8.18. The minimum absolute atomic E-state index is 0.0705. The zero-order valence-corrected chi connectivity index (χ0v) is 14.9. The number of H-pyrrole nitrogens is 1. The van der Waals surface area contributed by atoms with Gasteiger partial charge in [0.1, 0.15) is 5.69 Å². The summed E-state index contributed by atoms with van der Waals surface area (Å²) in [6, 6.07) is 0.0705. The van der Waals surface area contributed by atoms with Gasteiger partial charge < -0.3 is 19.8 Å². The lowest BCUT2D eigenvalue weighted by molar-refractivity contribution is -0.125. The number of aromatic amines is 1. The number of esters is 2. The van der Waals surface area contributed by atoms with Gasteiger partial charge in [-0.05, 0) is 39.2 Å². The van der Waals surface area contributed by atoms with Gasteiger partial charge in [0.2, 0.25) is 0 Å². The van der Waals surface area contributed by atoms with Crippen molar-refractivity contribution in [3.05, 3.63) is 22.5 Å². The maximum Gasteiger partial charge on any atom is 0.355 e. The van der Waals surface area contributed by atoms with E-state index in [1.54, 1.807) is 20.8 Å². The van der Waals surface area contributed by atoms with Crippen LogP contribution in [0.25, 0.3) is 0 Å². The van der Waals surface area contributed by atoms with Gasteiger partial charge >= 0.3 is 11.9 Å². The molecule has 134 valence electrons. The van der Waals surface area contributed by atoms with E-state index in [-0.39, 0.29) is 30.9 Å². The Morgan fingerprint density at radius 3 is 2.21 bits per heavy atom. The molecule has 0 atom stereocenters. The van der Waals surface area contributed by atoms with Gasteiger partial charge in [0.05, 0.1) is 12.2 Å². The molecule has 0 radical (unpaired) electrons. The molecule has 1 rings (SSSR count). The van der Waals surface area contributed by atoms with Gasteiger partial charge in [0.25, 0.3) is 5.91 Å². The summed E-state index contributed by atoms with van der Waals surface area (Å²) in [6.45, 7) is 8.86. The van der Waals surface area contributed by atoms with Crippen LogP contribution in [-0.4, -0.2) is 42.1 Å². The molecule has 7 nitrogen and oxygen atoms in total. The van der Waals surface area contributed by atoms with Gasteiger partial charge in [0.15, 0.2) is 6.61 Å². The Hall–Kier alpha value is -2.31. The summed E-state index contributed by atoms with van der Waals surface area (Å²) in [5.41, 5.74) is 1.46.